The molecule has 0 bridgehead atoms. The maximum Gasteiger partial charge on any atom is 0.146 e. The lowest BCUT2D eigenvalue weighted by atomic mass is 10.1. The Morgan fingerprint density at radius 3 is 2.67 bits per heavy atom. The number of benzene rings is 1. The van der Waals surface area contributed by atoms with Gasteiger partial charge in [0.1, 0.15) is 11.6 Å². The molecule has 4 nitrogen and oxygen atoms in total. The van der Waals surface area contributed by atoms with Gasteiger partial charge in [-0.3, -0.25) is 0 Å². The first-order valence-corrected chi connectivity index (χ1v) is 7.06. The smallest absolute Gasteiger partial charge is 0.146 e. The van der Waals surface area contributed by atoms with E-state index >= 15 is 0 Å². The van der Waals surface area contributed by atoms with E-state index in [1.165, 1.54) is 12.1 Å². The summed E-state index contributed by atoms with van der Waals surface area (Å²) in [5, 5.41) is 0.412. The summed E-state index contributed by atoms with van der Waals surface area (Å²) in [7, 11) is 0. The van der Waals surface area contributed by atoms with Crippen LogP contribution in [0.5, 0.6) is 0 Å². The molecule has 0 aliphatic carbocycles. The molecule has 21 heavy (non-hydrogen) atoms. The van der Waals surface area contributed by atoms with Crippen molar-refractivity contribution in [1.29, 1.82) is 0 Å². The van der Waals surface area contributed by atoms with Gasteiger partial charge in [-0.15, -0.1) is 0 Å². The summed E-state index contributed by atoms with van der Waals surface area (Å²) in [5.74, 6) is 0.403. The van der Waals surface area contributed by atoms with Crippen molar-refractivity contribution in [3.63, 3.8) is 0 Å². The van der Waals surface area contributed by atoms with Crippen LogP contribution in [0.3, 0.4) is 0 Å². The van der Waals surface area contributed by atoms with Crippen molar-refractivity contribution in [3.05, 3.63) is 41.3 Å². The fourth-order valence-corrected chi connectivity index (χ4v) is 2.59. The molecule has 0 amide bonds. The highest BCUT2D eigenvalue weighted by Crippen LogP contribution is 2.31. The van der Waals surface area contributed by atoms with Gasteiger partial charge in [-0.05, 0) is 24.3 Å². The number of nitrogens with two attached hydrogens (primary N) is 1. The summed E-state index contributed by atoms with van der Waals surface area (Å²) >= 11 is 6.12. The molecule has 0 spiro atoms. The lowest BCUT2D eigenvalue weighted by Crippen LogP contribution is -2.36. The maximum atomic E-state index is 13.6. The van der Waals surface area contributed by atoms with Crippen molar-refractivity contribution < 1.29 is 9.13 Å². The second kappa shape index (κ2) is 5.87. The highest BCUT2D eigenvalue weighted by Gasteiger charge is 2.13. The number of halogens is 2. The van der Waals surface area contributed by atoms with E-state index in [1.54, 1.807) is 6.20 Å². The van der Waals surface area contributed by atoms with Gasteiger partial charge in [0.2, 0.25) is 0 Å². The third-order valence-electron chi connectivity index (χ3n) is 3.48. The average Bonchev–Trinajstić information content (AvgIpc) is 2.52. The Labute approximate surface area is 127 Å². The van der Waals surface area contributed by atoms with Gasteiger partial charge < -0.3 is 15.4 Å². The van der Waals surface area contributed by atoms with Crippen LogP contribution in [0.4, 0.5) is 15.9 Å². The van der Waals surface area contributed by atoms with Crippen LogP contribution in [-0.2, 0) is 4.74 Å². The molecular weight excluding hydrogens is 293 g/mol. The normalized spacial score (nSPS) is 15.2. The molecule has 110 valence electrons. The number of anilines is 2. The largest absolute Gasteiger partial charge is 0.396 e. The van der Waals surface area contributed by atoms with Crippen LogP contribution in [0.1, 0.15) is 0 Å². The lowest BCUT2D eigenvalue weighted by molar-refractivity contribution is 0.122. The molecule has 6 heteroatoms. The summed E-state index contributed by atoms with van der Waals surface area (Å²) in [6.45, 7) is 3.06. The summed E-state index contributed by atoms with van der Waals surface area (Å²) in [5.41, 5.74) is 6.89. The third-order valence-corrected chi connectivity index (χ3v) is 3.79. The van der Waals surface area contributed by atoms with E-state index in [0.29, 0.717) is 23.8 Å². The van der Waals surface area contributed by atoms with Crippen molar-refractivity contribution in [2.45, 2.75) is 0 Å². The molecule has 2 N–H and O–H groups in total. The summed E-state index contributed by atoms with van der Waals surface area (Å²) in [6.07, 6.45) is 1.70. The molecule has 1 aliphatic heterocycles. The summed E-state index contributed by atoms with van der Waals surface area (Å²) in [6, 6.07) is 6.55. The van der Waals surface area contributed by atoms with E-state index in [4.69, 9.17) is 22.1 Å². The van der Waals surface area contributed by atoms with E-state index < -0.39 is 5.82 Å². The fraction of sp³-hybridized carbons (Fsp3) is 0.267. The lowest BCUT2D eigenvalue weighted by Gasteiger charge is -2.27. The summed E-state index contributed by atoms with van der Waals surface area (Å²) in [4.78, 5) is 6.58. The zero-order valence-electron chi connectivity index (χ0n) is 11.4. The quantitative estimate of drug-likeness (QED) is 0.867. The second-order valence-electron chi connectivity index (χ2n) is 4.86. The van der Waals surface area contributed by atoms with Crippen molar-refractivity contribution in [2.75, 3.05) is 36.9 Å². The fourth-order valence-electron chi connectivity index (χ4n) is 2.31. The highest BCUT2D eigenvalue weighted by molar-refractivity contribution is 6.33. The van der Waals surface area contributed by atoms with Gasteiger partial charge in [0.25, 0.3) is 0 Å². The SMILES string of the molecule is Nc1cc(Cl)c(-c2ccc(N3CCOCC3)nc2)cc1F. The first-order chi connectivity index (χ1) is 10.1. The zero-order valence-corrected chi connectivity index (χ0v) is 12.1. The Kier molecular flexibility index (Phi) is 3.94. The van der Waals surface area contributed by atoms with E-state index in [0.717, 1.165) is 24.5 Å². The predicted molar refractivity (Wildman–Crippen MR) is 82.1 cm³/mol. The van der Waals surface area contributed by atoms with Crippen molar-refractivity contribution >= 4 is 23.1 Å². The van der Waals surface area contributed by atoms with E-state index in [1.807, 2.05) is 12.1 Å². The van der Waals surface area contributed by atoms with Gasteiger partial charge in [0.05, 0.1) is 23.9 Å². The van der Waals surface area contributed by atoms with Crippen molar-refractivity contribution in [1.82, 2.24) is 4.98 Å². The Morgan fingerprint density at radius 1 is 1.24 bits per heavy atom. The minimum atomic E-state index is -0.480. The molecule has 0 radical (unpaired) electrons. The number of nitrogens with zero attached hydrogens (tertiary/aromatic N) is 2. The average molecular weight is 308 g/mol. The molecule has 3 rings (SSSR count). The number of nitrogen functional groups attached to an aromatic ring is 1. The molecule has 0 unspecified atom stereocenters. The van der Waals surface area contributed by atoms with E-state index in [9.17, 15) is 4.39 Å². The number of pyridine rings is 1. The van der Waals surface area contributed by atoms with Crippen molar-refractivity contribution in [2.24, 2.45) is 0 Å². The number of hydrogen-bond donors (Lipinski definition) is 1. The Morgan fingerprint density at radius 2 is 2.00 bits per heavy atom. The minimum absolute atomic E-state index is 0.0432. The Hall–Kier alpha value is -1.85. The Bertz CT molecular complexity index is 642. The first-order valence-electron chi connectivity index (χ1n) is 6.69. The second-order valence-corrected chi connectivity index (χ2v) is 5.27. The predicted octanol–water partition coefficient (Wildman–Crippen LogP) is 2.96. The first kappa shape index (κ1) is 14.1. The van der Waals surface area contributed by atoms with Crippen LogP contribution in [0.15, 0.2) is 30.5 Å². The molecule has 2 heterocycles. The van der Waals surface area contributed by atoms with Crippen LogP contribution in [-0.4, -0.2) is 31.3 Å². The molecule has 2 aromatic rings. The van der Waals surface area contributed by atoms with Gasteiger partial charge >= 0.3 is 0 Å². The number of aromatic nitrogens is 1. The zero-order chi connectivity index (χ0) is 14.8. The number of ether oxygens (including phenoxy) is 1. The van der Waals surface area contributed by atoms with Gasteiger partial charge in [-0.2, -0.15) is 0 Å². The number of hydrogen-bond acceptors (Lipinski definition) is 4. The topological polar surface area (TPSA) is 51.4 Å². The number of morpholine rings is 1. The molecule has 0 saturated carbocycles. The monoisotopic (exact) mass is 307 g/mol. The van der Waals surface area contributed by atoms with Crippen LogP contribution in [0.25, 0.3) is 11.1 Å². The van der Waals surface area contributed by atoms with Gasteiger partial charge in [0.15, 0.2) is 0 Å². The molecule has 0 atom stereocenters. The molecule has 1 saturated heterocycles. The highest BCUT2D eigenvalue weighted by atomic mass is 35.5. The molecule has 1 aliphatic rings. The minimum Gasteiger partial charge on any atom is -0.396 e. The van der Waals surface area contributed by atoms with E-state index in [-0.39, 0.29) is 5.69 Å². The van der Waals surface area contributed by atoms with Gasteiger partial charge in [0, 0.05) is 30.4 Å². The van der Waals surface area contributed by atoms with Crippen LogP contribution >= 0.6 is 11.6 Å². The molecule has 1 aromatic carbocycles. The molecule has 1 fully saturated rings. The van der Waals surface area contributed by atoms with Gasteiger partial charge in [-0.1, -0.05) is 11.6 Å². The molecule has 1 aromatic heterocycles. The summed E-state index contributed by atoms with van der Waals surface area (Å²) < 4.78 is 18.9. The van der Waals surface area contributed by atoms with Crippen LogP contribution in [0.2, 0.25) is 5.02 Å². The van der Waals surface area contributed by atoms with Crippen LogP contribution < -0.4 is 10.6 Å². The Balaban J connectivity index is 1.88. The third kappa shape index (κ3) is 2.94. The van der Waals surface area contributed by atoms with Crippen molar-refractivity contribution in [3.8, 4) is 11.1 Å². The van der Waals surface area contributed by atoms with Crippen LogP contribution in [0, 0.1) is 5.82 Å². The number of rotatable bonds is 2. The van der Waals surface area contributed by atoms with Gasteiger partial charge in [-0.25, -0.2) is 9.37 Å². The molecular formula is C15H15ClFN3O. The van der Waals surface area contributed by atoms with E-state index in [2.05, 4.69) is 9.88 Å². The standard InChI is InChI=1S/C15H15ClFN3O/c16-12-8-14(18)13(17)7-11(12)10-1-2-15(19-9-10)20-3-5-21-6-4-20/h1-2,7-9H,3-6,18H2. The maximum absolute atomic E-state index is 13.6.